The van der Waals surface area contributed by atoms with Crippen LogP contribution in [0.5, 0.6) is 0 Å². The van der Waals surface area contributed by atoms with Gasteiger partial charge in [0.05, 0.1) is 11.7 Å². The molecule has 1 unspecified atom stereocenters. The SMILES string of the molecule is CCCCOC(C)(C)CCOC(C)CC(C)C. The quantitative estimate of drug-likeness (QED) is 0.529. The van der Waals surface area contributed by atoms with Crippen molar-refractivity contribution in [3.05, 3.63) is 0 Å². The van der Waals surface area contributed by atoms with E-state index in [4.69, 9.17) is 9.47 Å². The Morgan fingerprint density at radius 3 is 2.24 bits per heavy atom. The molecule has 0 amide bonds. The fraction of sp³-hybridized carbons (Fsp3) is 1.00. The van der Waals surface area contributed by atoms with E-state index in [0.717, 1.165) is 32.5 Å². The first-order chi connectivity index (χ1) is 7.87. The molecule has 0 spiro atoms. The smallest absolute Gasteiger partial charge is 0.0648 e. The highest BCUT2D eigenvalue weighted by Gasteiger charge is 2.18. The largest absolute Gasteiger partial charge is 0.378 e. The van der Waals surface area contributed by atoms with Gasteiger partial charge in [0, 0.05) is 13.2 Å². The second kappa shape index (κ2) is 8.93. The number of hydrogen-bond donors (Lipinski definition) is 0. The zero-order chi connectivity index (χ0) is 13.3. The van der Waals surface area contributed by atoms with Gasteiger partial charge >= 0.3 is 0 Å². The average molecular weight is 244 g/mol. The normalized spacial score (nSPS) is 14.3. The molecule has 0 aromatic carbocycles. The molecule has 0 aliphatic carbocycles. The van der Waals surface area contributed by atoms with Crippen molar-refractivity contribution in [1.82, 2.24) is 0 Å². The van der Waals surface area contributed by atoms with Crippen LogP contribution in [-0.4, -0.2) is 24.9 Å². The molecule has 17 heavy (non-hydrogen) atoms. The molecule has 1 atom stereocenters. The summed E-state index contributed by atoms with van der Waals surface area (Å²) in [5.74, 6) is 0.707. The lowest BCUT2D eigenvalue weighted by molar-refractivity contribution is -0.0516. The Morgan fingerprint density at radius 1 is 1.06 bits per heavy atom. The van der Waals surface area contributed by atoms with Gasteiger partial charge < -0.3 is 9.47 Å². The summed E-state index contributed by atoms with van der Waals surface area (Å²) in [6, 6.07) is 0. The second-order valence-electron chi connectivity index (χ2n) is 6.02. The van der Waals surface area contributed by atoms with Crippen LogP contribution >= 0.6 is 0 Å². The van der Waals surface area contributed by atoms with Crippen molar-refractivity contribution in [2.24, 2.45) is 5.92 Å². The Hall–Kier alpha value is -0.0800. The first-order valence-electron chi connectivity index (χ1n) is 7.13. The van der Waals surface area contributed by atoms with E-state index in [9.17, 15) is 0 Å². The Labute approximate surface area is 108 Å². The van der Waals surface area contributed by atoms with Crippen LogP contribution in [0.3, 0.4) is 0 Å². The number of rotatable bonds is 10. The van der Waals surface area contributed by atoms with Crippen molar-refractivity contribution in [1.29, 1.82) is 0 Å². The molecule has 2 nitrogen and oxygen atoms in total. The van der Waals surface area contributed by atoms with Crippen LogP contribution in [0.4, 0.5) is 0 Å². The molecule has 0 rings (SSSR count). The fourth-order valence-electron chi connectivity index (χ4n) is 1.80. The van der Waals surface area contributed by atoms with E-state index >= 15 is 0 Å². The van der Waals surface area contributed by atoms with Crippen LogP contribution in [0.2, 0.25) is 0 Å². The highest BCUT2D eigenvalue weighted by Crippen LogP contribution is 2.16. The van der Waals surface area contributed by atoms with Gasteiger partial charge in [-0.15, -0.1) is 0 Å². The maximum atomic E-state index is 5.85. The molecule has 0 aliphatic heterocycles. The molecule has 2 heteroatoms. The maximum Gasteiger partial charge on any atom is 0.0648 e. The zero-order valence-electron chi connectivity index (χ0n) is 12.7. The number of ether oxygens (including phenoxy) is 2. The minimum Gasteiger partial charge on any atom is -0.378 e. The van der Waals surface area contributed by atoms with Crippen LogP contribution in [-0.2, 0) is 9.47 Å². The first-order valence-corrected chi connectivity index (χ1v) is 7.13. The Bertz CT molecular complexity index is 176. The summed E-state index contributed by atoms with van der Waals surface area (Å²) < 4.78 is 11.7. The lowest BCUT2D eigenvalue weighted by Gasteiger charge is -2.26. The minimum atomic E-state index is -0.0489. The molecule has 0 heterocycles. The Morgan fingerprint density at radius 2 is 1.71 bits per heavy atom. The number of hydrogen-bond acceptors (Lipinski definition) is 2. The molecule has 0 aromatic heterocycles. The maximum absolute atomic E-state index is 5.85. The summed E-state index contributed by atoms with van der Waals surface area (Å²) in [4.78, 5) is 0. The van der Waals surface area contributed by atoms with E-state index in [1.54, 1.807) is 0 Å². The molecule has 104 valence electrons. The standard InChI is InChI=1S/C15H32O2/c1-7-8-10-17-15(5,6)9-11-16-14(4)12-13(2)3/h13-14H,7-12H2,1-6H3. The highest BCUT2D eigenvalue weighted by molar-refractivity contribution is 4.68. The molecule has 0 aliphatic rings. The van der Waals surface area contributed by atoms with Gasteiger partial charge in [0.15, 0.2) is 0 Å². The predicted molar refractivity (Wildman–Crippen MR) is 74.4 cm³/mol. The van der Waals surface area contributed by atoms with Crippen molar-refractivity contribution in [2.75, 3.05) is 13.2 Å². The van der Waals surface area contributed by atoms with Crippen LogP contribution < -0.4 is 0 Å². The molecule has 0 N–H and O–H groups in total. The molecule has 0 bridgehead atoms. The van der Waals surface area contributed by atoms with Crippen molar-refractivity contribution in [2.45, 2.75) is 78.9 Å². The van der Waals surface area contributed by atoms with E-state index in [0.29, 0.717) is 12.0 Å². The van der Waals surface area contributed by atoms with Crippen molar-refractivity contribution in [3.63, 3.8) is 0 Å². The second-order valence-corrected chi connectivity index (χ2v) is 6.02. The van der Waals surface area contributed by atoms with Crippen LogP contribution in [0, 0.1) is 5.92 Å². The van der Waals surface area contributed by atoms with E-state index in [2.05, 4.69) is 41.5 Å². The van der Waals surface area contributed by atoms with Gasteiger partial charge in [0.25, 0.3) is 0 Å². The van der Waals surface area contributed by atoms with E-state index in [1.807, 2.05) is 0 Å². The lowest BCUT2D eigenvalue weighted by atomic mass is 10.1. The van der Waals surface area contributed by atoms with E-state index in [1.165, 1.54) is 6.42 Å². The van der Waals surface area contributed by atoms with Crippen molar-refractivity contribution < 1.29 is 9.47 Å². The lowest BCUT2D eigenvalue weighted by Crippen LogP contribution is -2.28. The first kappa shape index (κ1) is 16.9. The summed E-state index contributed by atoms with van der Waals surface area (Å²) in [7, 11) is 0. The molecule has 0 saturated carbocycles. The van der Waals surface area contributed by atoms with Crippen molar-refractivity contribution >= 4 is 0 Å². The molecule has 0 fully saturated rings. The summed E-state index contributed by atoms with van der Waals surface area (Å²) >= 11 is 0. The molecule has 0 radical (unpaired) electrons. The molecule has 0 saturated heterocycles. The van der Waals surface area contributed by atoms with Gasteiger partial charge in [-0.3, -0.25) is 0 Å². The van der Waals surface area contributed by atoms with Gasteiger partial charge in [-0.05, 0) is 46.0 Å². The predicted octanol–water partition coefficient (Wildman–Crippen LogP) is 4.42. The summed E-state index contributed by atoms with van der Waals surface area (Å²) in [5, 5.41) is 0. The van der Waals surface area contributed by atoms with Gasteiger partial charge in [0.1, 0.15) is 0 Å². The fourth-order valence-corrected chi connectivity index (χ4v) is 1.80. The molecular formula is C15H32O2. The van der Waals surface area contributed by atoms with Crippen molar-refractivity contribution in [3.8, 4) is 0 Å². The summed E-state index contributed by atoms with van der Waals surface area (Å²) in [6.07, 6.45) is 4.81. The number of unbranched alkanes of at least 4 members (excludes halogenated alkanes) is 1. The van der Waals surface area contributed by atoms with Crippen LogP contribution in [0.15, 0.2) is 0 Å². The molecule has 0 aromatic rings. The third-order valence-electron chi connectivity index (χ3n) is 2.90. The van der Waals surface area contributed by atoms with Gasteiger partial charge in [-0.2, -0.15) is 0 Å². The summed E-state index contributed by atoms with van der Waals surface area (Å²) in [5.41, 5.74) is -0.0489. The monoisotopic (exact) mass is 244 g/mol. The molecular weight excluding hydrogens is 212 g/mol. The highest BCUT2D eigenvalue weighted by atomic mass is 16.5. The topological polar surface area (TPSA) is 18.5 Å². The van der Waals surface area contributed by atoms with E-state index < -0.39 is 0 Å². The summed E-state index contributed by atoms with van der Waals surface area (Å²) in [6.45, 7) is 14.8. The third-order valence-corrected chi connectivity index (χ3v) is 2.90. The van der Waals surface area contributed by atoms with Gasteiger partial charge in [-0.25, -0.2) is 0 Å². The van der Waals surface area contributed by atoms with Gasteiger partial charge in [-0.1, -0.05) is 27.2 Å². The average Bonchev–Trinajstić information content (AvgIpc) is 2.16. The third kappa shape index (κ3) is 10.8. The Kier molecular flexibility index (Phi) is 8.89. The van der Waals surface area contributed by atoms with E-state index in [-0.39, 0.29) is 5.60 Å². The van der Waals surface area contributed by atoms with Crippen LogP contribution in [0.1, 0.15) is 67.2 Å². The van der Waals surface area contributed by atoms with Gasteiger partial charge in [0.2, 0.25) is 0 Å². The van der Waals surface area contributed by atoms with Crippen LogP contribution in [0.25, 0.3) is 0 Å². The zero-order valence-corrected chi connectivity index (χ0v) is 12.7. The Balaban J connectivity index is 3.63. The minimum absolute atomic E-state index is 0.0489.